The first-order chi connectivity index (χ1) is 9.92. The summed E-state index contributed by atoms with van der Waals surface area (Å²) in [5.74, 6) is 2.21. The van der Waals surface area contributed by atoms with E-state index in [1.807, 2.05) is 0 Å². The maximum absolute atomic E-state index is 4.45. The topological polar surface area (TPSA) is 42.7 Å². The van der Waals surface area contributed by atoms with Crippen LogP contribution in [0.15, 0.2) is 18.2 Å². The van der Waals surface area contributed by atoms with Crippen molar-refractivity contribution in [3.8, 4) is 11.4 Å². The van der Waals surface area contributed by atoms with Crippen molar-refractivity contribution in [3.05, 3.63) is 29.6 Å². The molecule has 0 aliphatic carbocycles. The molecule has 0 fully saturated rings. The summed E-state index contributed by atoms with van der Waals surface area (Å²) in [6.07, 6.45) is 7.23. The van der Waals surface area contributed by atoms with Crippen LogP contribution in [0, 0.1) is 0 Å². The number of benzene rings is 1. The van der Waals surface area contributed by atoms with Crippen LogP contribution in [0.1, 0.15) is 37.1 Å². The molecule has 0 amide bonds. The molecule has 1 N–H and O–H groups in total. The summed E-state index contributed by atoms with van der Waals surface area (Å²) in [5.41, 5.74) is 3.92. The van der Waals surface area contributed by atoms with Crippen LogP contribution in [0.5, 0.6) is 0 Å². The number of hydrogen-bond acceptors (Lipinski definition) is 3. The fourth-order valence-corrected chi connectivity index (χ4v) is 3.31. The van der Waals surface area contributed by atoms with Crippen molar-refractivity contribution >= 4 is 5.69 Å². The Hall–Kier alpha value is -1.84. The molecule has 3 heterocycles. The monoisotopic (exact) mass is 268 g/mol. The Kier molecular flexibility index (Phi) is 2.94. The first kappa shape index (κ1) is 11.9. The van der Waals surface area contributed by atoms with E-state index in [2.05, 4.69) is 38.3 Å². The fourth-order valence-electron chi connectivity index (χ4n) is 3.31. The fraction of sp³-hybridized carbons (Fsp3) is 0.500. The van der Waals surface area contributed by atoms with Gasteiger partial charge in [0.1, 0.15) is 5.82 Å². The Morgan fingerprint density at radius 1 is 1.00 bits per heavy atom. The summed E-state index contributed by atoms with van der Waals surface area (Å²) in [6, 6.07) is 6.67. The molecule has 4 heteroatoms. The van der Waals surface area contributed by atoms with E-state index in [0.717, 1.165) is 37.6 Å². The molecule has 1 aromatic carbocycles. The lowest BCUT2D eigenvalue weighted by molar-refractivity contribution is 0.636. The zero-order valence-electron chi connectivity index (χ0n) is 11.7. The number of aryl methyl sites for hydroxylation is 2. The molecular weight excluding hydrogens is 248 g/mol. The molecule has 2 aliphatic heterocycles. The van der Waals surface area contributed by atoms with Crippen molar-refractivity contribution in [1.82, 2.24) is 14.8 Å². The third kappa shape index (κ3) is 1.99. The Morgan fingerprint density at radius 3 is 3.00 bits per heavy atom. The van der Waals surface area contributed by atoms with Gasteiger partial charge in [0, 0.05) is 30.8 Å². The predicted molar refractivity (Wildman–Crippen MR) is 79.8 cm³/mol. The maximum atomic E-state index is 4.45. The van der Waals surface area contributed by atoms with Gasteiger partial charge in [-0.1, -0.05) is 6.42 Å². The molecule has 104 valence electrons. The Balaban J connectivity index is 1.76. The van der Waals surface area contributed by atoms with Gasteiger partial charge in [0.25, 0.3) is 0 Å². The molecule has 1 aromatic heterocycles. The van der Waals surface area contributed by atoms with Crippen LogP contribution in [0.25, 0.3) is 11.4 Å². The minimum Gasteiger partial charge on any atom is -0.385 e. The lowest BCUT2D eigenvalue weighted by Crippen LogP contribution is -2.11. The van der Waals surface area contributed by atoms with Crippen molar-refractivity contribution in [2.75, 3.05) is 11.9 Å². The van der Waals surface area contributed by atoms with E-state index in [1.165, 1.54) is 42.5 Å². The molecule has 0 saturated heterocycles. The summed E-state index contributed by atoms with van der Waals surface area (Å²) < 4.78 is 2.32. The van der Waals surface area contributed by atoms with Gasteiger partial charge >= 0.3 is 0 Å². The zero-order chi connectivity index (χ0) is 13.4. The highest BCUT2D eigenvalue weighted by Gasteiger charge is 2.17. The van der Waals surface area contributed by atoms with E-state index in [0.29, 0.717) is 0 Å². The van der Waals surface area contributed by atoms with Crippen LogP contribution >= 0.6 is 0 Å². The highest BCUT2D eigenvalue weighted by molar-refractivity contribution is 5.65. The van der Waals surface area contributed by atoms with Crippen LogP contribution in [-0.2, 0) is 19.4 Å². The second-order valence-electron chi connectivity index (χ2n) is 5.80. The molecule has 0 saturated carbocycles. The van der Waals surface area contributed by atoms with Gasteiger partial charge in [0.05, 0.1) is 0 Å². The number of nitrogens with one attached hydrogen (secondary N) is 1. The lowest BCUT2D eigenvalue weighted by atomic mass is 10.0. The van der Waals surface area contributed by atoms with Crippen molar-refractivity contribution < 1.29 is 0 Å². The average Bonchev–Trinajstić information content (AvgIpc) is 2.75. The molecular formula is C16H20N4. The number of aromatic nitrogens is 3. The molecule has 2 aliphatic rings. The van der Waals surface area contributed by atoms with Gasteiger partial charge in [-0.25, -0.2) is 0 Å². The van der Waals surface area contributed by atoms with Gasteiger partial charge in [0.2, 0.25) is 0 Å². The summed E-state index contributed by atoms with van der Waals surface area (Å²) in [4.78, 5) is 0. The summed E-state index contributed by atoms with van der Waals surface area (Å²) in [7, 11) is 0. The highest BCUT2D eigenvalue weighted by atomic mass is 15.3. The maximum Gasteiger partial charge on any atom is 0.163 e. The van der Waals surface area contributed by atoms with Crippen LogP contribution in [0.3, 0.4) is 0 Å². The number of nitrogens with zero attached hydrogens (tertiary/aromatic N) is 3. The molecule has 4 nitrogen and oxygen atoms in total. The van der Waals surface area contributed by atoms with E-state index in [9.17, 15) is 0 Å². The second-order valence-corrected chi connectivity index (χ2v) is 5.80. The lowest BCUT2D eigenvalue weighted by Gasteiger charge is -2.18. The SMILES string of the molecule is c1cc2c(cc1-c1nnc3n1CCCCC3)CCCN2. The molecule has 2 aromatic rings. The van der Waals surface area contributed by atoms with E-state index in [-0.39, 0.29) is 0 Å². The smallest absolute Gasteiger partial charge is 0.163 e. The first-order valence-electron chi connectivity index (χ1n) is 7.71. The number of fused-ring (bicyclic) bond motifs is 2. The van der Waals surface area contributed by atoms with E-state index in [1.54, 1.807) is 0 Å². The van der Waals surface area contributed by atoms with E-state index >= 15 is 0 Å². The third-order valence-corrected chi connectivity index (χ3v) is 4.41. The normalized spacial score (nSPS) is 17.8. The molecule has 0 spiro atoms. The van der Waals surface area contributed by atoms with Gasteiger partial charge < -0.3 is 9.88 Å². The average molecular weight is 268 g/mol. The third-order valence-electron chi connectivity index (χ3n) is 4.41. The molecule has 0 radical (unpaired) electrons. The molecule has 0 bridgehead atoms. The van der Waals surface area contributed by atoms with Crippen molar-refractivity contribution in [2.24, 2.45) is 0 Å². The van der Waals surface area contributed by atoms with Gasteiger partial charge in [-0.05, 0) is 49.4 Å². The molecule has 0 atom stereocenters. The predicted octanol–water partition coefficient (Wildman–Crippen LogP) is 3.03. The highest BCUT2D eigenvalue weighted by Crippen LogP contribution is 2.29. The largest absolute Gasteiger partial charge is 0.385 e. The Morgan fingerprint density at radius 2 is 2.00 bits per heavy atom. The quantitative estimate of drug-likeness (QED) is 0.864. The van der Waals surface area contributed by atoms with Gasteiger partial charge in [-0.3, -0.25) is 0 Å². The Bertz CT molecular complexity index is 629. The van der Waals surface area contributed by atoms with Crippen LogP contribution < -0.4 is 5.32 Å². The minimum atomic E-state index is 1.05. The summed E-state index contributed by atoms with van der Waals surface area (Å²) in [6.45, 7) is 2.15. The van der Waals surface area contributed by atoms with Crippen molar-refractivity contribution in [1.29, 1.82) is 0 Å². The number of hydrogen-bond donors (Lipinski definition) is 1. The summed E-state index contributed by atoms with van der Waals surface area (Å²) >= 11 is 0. The standard InChI is InChI=1S/C16H20N4/c1-2-6-15-18-19-16(20(15)10-3-1)13-7-8-14-12(11-13)5-4-9-17-14/h7-8,11,17H,1-6,9-10H2. The molecule has 0 unspecified atom stereocenters. The Labute approximate surface area is 119 Å². The summed E-state index contributed by atoms with van der Waals surface area (Å²) in [5, 5.41) is 12.3. The van der Waals surface area contributed by atoms with Crippen LogP contribution in [0.4, 0.5) is 5.69 Å². The van der Waals surface area contributed by atoms with E-state index in [4.69, 9.17) is 0 Å². The van der Waals surface area contributed by atoms with Crippen LogP contribution in [-0.4, -0.2) is 21.3 Å². The second kappa shape index (κ2) is 4.93. The number of rotatable bonds is 1. The molecule has 4 rings (SSSR count). The minimum absolute atomic E-state index is 1.05. The zero-order valence-corrected chi connectivity index (χ0v) is 11.7. The van der Waals surface area contributed by atoms with Crippen LogP contribution in [0.2, 0.25) is 0 Å². The van der Waals surface area contributed by atoms with Crippen molar-refractivity contribution in [3.63, 3.8) is 0 Å². The first-order valence-corrected chi connectivity index (χ1v) is 7.71. The molecule has 20 heavy (non-hydrogen) atoms. The van der Waals surface area contributed by atoms with Crippen molar-refractivity contribution in [2.45, 2.75) is 45.1 Å². The number of anilines is 1. The van der Waals surface area contributed by atoms with Gasteiger partial charge in [-0.15, -0.1) is 10.2 Å². The van der Waals surface area contributed by atoms with E-state index < -0.39 is 0 Å². The van der Waals surface area contributed by atoms with Gasteiger partial charge in [0.15, 0.2) is 5.82 Å². The van der Waals surface area contributed by atoms with Gasteiger partial charge in [-0.2, -0.15) is 0 Å².